The van der Waals surface area contributed by atoms with Gasteiger partial charge >= 0.3 is 0 Å². The summed E-state index contributed by atoms with van der Waals surface area (Å²) in [5, 5.41) is 7.90. The molecule has 0 atom stereocenters. The van der Waals surface area contributed by atoms with Crippen molar-refractivity contribution in [2.75, 3.05) is 4.31 Å². The molecule has 0 aliphatic carbocycles. The fourth-order valence-electron chi connectivity index (χ4n) is 2.93. The van der Waals surface area contributed by atoms with E-state index in [1.165, 1.54) is 22.9 Å². The predicted molar refractivity (Wildman–Crippen MR) is 104 cm³/mol. The van der Waals surface area contributed by atoms with E-state index in [0.29, 0.717) is 16.7 Å². The van der Waals surface area contributed by atoms with Crippen molar-refractivity contribution < 1.29 is 17.2 Å². The van der Waals surface area contributed by atoms with Crippen LogP contribution in [0, 0.1) is 11.6 Å². The number of pyridine rings is 1. The molecule has 0 N–H and O–H groups in total. The molecule has 6 nitrogen and oxygen atoms in total. The summed E-state index contributed by atoms with van der Waals surface area (Å²) in [6.45, 7) is -0.236. The van der Waals surface area contributed by atoms with Crippen molar-refractivity contribution in [3.8, 4) is 0 Å². The minimum Gasteiger partial charge on any atom is -0.288 e. The van der Waals surface area contributed by atoms with Gasteiger partial charge in [-0.3, -0.25) is 8.71 Å². The number of anilines is 1. The van der Waals surface area contributed by atoms with Crippen LogP contribution in [0.2, 0.25) is 5.02 Å². The number of hydrogen-bond donors (Lipinski definition) is 0. The van der Waals surface area contributed by atoms with E-state index in [0.717, 1.165) is 16.4 Å². The van der Waals surface area contributed by atoms with Gasteiger partial charge in [-0.05, 0) is 35.9 Å². The van der Waals surface area contributed by atoms with E-state index in [9.17, 15) is 17.2 Å². The van der Waals surface area contributed by atoms with Crippen LogP contribution in [0.3, 0.4) is 0 Å². The Labute approximate surface area is 170 Å². The monoisotopic (exact) mass is 434 g/mol. The quantitative estimate of drug-likeness (QED) is 0.475. The lowest BCUT2D eigenvalue weighted by molar-refractivity contribution is 0.580. The maximum absolute atomic E-state index is 13.9. The molecule has 0 radical (unpaired) electrons. The van der Waals surface area contributed by atoms with Crippen molar-refractivity contribution in [2.45, 2.75) is 11.4 Å². The average molecular weight is 435 g/mol. The highest BCUT2D eigenvalue weighted by Crippen LogP contribution is 2.30. The van der Waals surface area contributed by atoms with Crippen LogP contribution in [0.4, 0.5) is 14.5 Å². The first kappa shape index (κ1) is 19.3. The van der Waals surface area contributed by atoms with Gasteiger partial charge in [0.1, 0.15) is 22.9 Å². The summed E-state index contributed by atoms with van der Waals surface area (Å²) in [5.41, 5.74) is 0.383. The molecule has 148 valence electrons. The van der Waals surface area contributed by atoms with Gasteiger partial charge in [0.05, 0.1) is 12.2 Å². The Morgan fingerprint density at radius 1 is 1.03 bits per heavy atom. The topological polar surface area (TPSA) is 67.6 Å². The summed E-state index contributed by atoms with van der Waals surface area (Å²) >= 11 is 6.20. The number of rotatable bonds is 5. The first-order chi connectivity index (χ1) is 13.9. The molecule has 0 spiro atoms. The number of fused-ring (bicyclic) bond motifs is 1. The van der Waals surface area contributed by atoms with Crippen LogP contribution in [-0.4, -0.2) is 23.0 Å². The third kappa shape index (κ3) is 3.66. The Hall–Kier alpha value is -3.04. The number of halogens is 3. The van der Waals surface area contributed by atoms with Gasteiger partial charge in [0.2, 0.25) is 0 Å². The number of benzene rings is 2. The van der Waals surface area contributed by atoms with Crippen LogP contribution in [0.25, 0.3) is 5.65 Å². The van der Waals surface area contributed by atoms with E-state index in [1.54, 1.807) is 30.5 Å². The molecule has 2 aromatic carbocycles. The van der Waals surface area contributed by atoms with E-state index >= 15 is 0 Å². The first-order valence-corrected chi connectivity index (χ1v) is 10.2. The summed E-state index contributed by atoms with van der Waals surface area (Å²) < 4.78 is 57.2. The Bertz CT molecular complexity index is 1290. The molecule has 2 heterocycles. The van der Waals surface area contributed by atoms with E-state index in [1.807, 2.05) is 0 Å². The zero-order valence-corrected chi connectivity index (χ0v) is 16.3. The lowest BCUT2D eigenvalue weighted by Gasteiger charge is -2.25. The van der Waals surface area contributed by atoms with Crippen LogP contribution in [0.15, 0.2) is 72.0 Å². The van der Waals surface area contributed by atoms with Crippen LogP contribution >= 0.6 is 11.6 Å². The summed E-state index contributed by atoms with van der Waals surface area (Å²) in [6.07, 6.45) is 2.95. The maximum atomic E-state index is 13.9. The summed E-state index contributed by atoms with van der Waals surface area (Å²) in [6, 6.07) is 12.1. The Balaban J connectivity index is 1.91. The summed E-state index contributed by atoms with van der Waals surface area (Å²) in [4.78, 5) is -0.158. The van der Waals surface area contributed by atoms with E-state index in [4.69, 9.17) is 11.6 Å². The van der Waals surface area contributed by atoms with Crippen molar-refractivity contribution in [3.05, 3.63) is 89.3 Å². The Kier molecular flexibility index (Phi) is 4.93. The van der Waals surface area contributed by atoms with Gasteiger partial charge in [-0.25, -0.2) is 17.2 Å². The van der Waals surface area contributed by atoms with Gasteiger partial charge in [0.15, 0.2) is 5.65 Å². The molecule has 0 aliphatic heterocycles. The van der Waals surface area contributed by atoms with E-state index < -0.39 is 21.7 Å². The van der Waals surface area contributed by atoms with Crippen LogP contribution in [0.5, 0.6) is 0 Å². The maximum Gasteiger partial charge on any atom is 0.268 e. The summed E-state index contributed by atoms with van der Waals surface area (Å²) in [7, 11) is -4.28. The van der Waals surface area contributed by atoms with Crippen LogP contribution in [-0.2, 0) is 16.6 Å². The molecular weight excluding hydrogens is 422 g/mol. The fraction of sp³-hybridized carbons (Fsp3) is 0.0526. The van der Waals surface area contributed by atoms with Crippen LogP contribution < -0.4 is 4.31 Å². The molecule has 0 aliphatic rings. The van der Waals surface area contributed by atoms with Gasteiger partial charge in [-0.15, -0.1) is 10.2 Å². The molecule has 4 aromatic rings. The van der Waals surface area contributed by atoms with Gasteiger partial charge in [0.25, 0.3) is 10.0 Å². The minimum atomic E-state index is -4.28. The zero-order chi connectivity index (χ0) is 20.6. The SMILES string of the molecule is O=S(=O)(c1cccn2cnnc12)N(Cc1ccccc1Cl)c1cc(F)cc(F)c1. The largest absolute Gasteiger partial charge is 0.288 e. The first-order valence-electron chi connectivity index (χ1n) is 8.37. The molecule has 0 saturated heterocycles. The average Bonchev–Trinajstić information content (AvgIpc) is 3.15. The molecular formula is C19H13ClF2N4O2S. The van der Waals surface area contributed by atoms with Crippen LogP contribution in [0.1, 0.15) is 5.56 Å². The van der Waals surface area contributed by atoms with Crippen molar-refractivity contribution in [1.82, 2.24) is 14.6 Å². The van der Waals surface area contributed by atoms with Crippen molar-refractivity contribution in [1.29, 1.82) is 0 Å². The lowest BCUT2D eigenvalue weighted by atomic mass is 10.2. The van der Waals surface area contributed by atoms with Crippen molar-refractivity contribution in [3.63, 3.8) is 0 Å². The van der Waals surface area contributed by atoms with Gasteiger partial charge in [-0.1, -0.05) is 29.8 Å². The third-order valence-corrected chi connectivity index (χ3v) is 6.43. The molecule has 0 fully saturated rings. The molecule has 0 amide bonds. The van der Waals surface area contributed by atoms with Gasteiger partial charge in [-0.2, -0.15) is 0 Å². The normalized spacial score (nSPS) is 11.7. The second-order valence-corrected chi connectivity index (χ2v) is 8.40. The summed E-state index contributed by atoms with van der Waals surface area (Å²) in [5.74, 6) is -1.81. The standard InChI is InChI=1S/C19H13ClF2N4O2S/c20-17-5-2-1-4-13(17)11-26(16-9-14(21)8-15(22)10-16)29(27,28)18-6-3-7-25-12-23-24-19(18)25/h1-10,12H,11H2. The number of aromatic nitrogens is 3. The lowest BCUT2D eigenvalue weighted by Crippen LogP contribution is -2.31. The Morgan fingerprint density at radius 3 is 2.48 bits per heavy atom. The highest BCUT2D eigenvalue weighted by Gasteiger charge is 2.29. The third-order valence-electron chi connectivity index (χ3n) is 4.26. The molecule has 0 saturated carbocycles. The number of hydrogen-bond acceptors (Lipinski definition) is 4. The smallest absolute Gasteiger partial charge is 0.268 e. The molecule has 29 heavy (non-hydrogen) atoms. The fourth-order valence-corrected chi connectivity index (χ4v) is 4.68. The van der Waals surface area contributed by atoms with Crippen molar-refractivity contribution >= 4 is 33.0 Å². The molecule has 0 bridgehead atoms. The molecule has 10 heteroatoms. The van der Waals surface area contributed by atoms with Gasteiger partial charge in [0, 0.05) is 17.3 Å². The molecule has 0 unspecified atom stereocenters. The Morgan fingerprint density at radius 2 is 1.76 bits per heavy atom. The second kappa shape index (κ2) is 7.41. The number of nitrogens with zero attached hydrogens (tertiary/aromatic N) is 4. The number of sulfonamides is 1. The second-order valence-electron chi connectivity index (χ2n) is 6.16. The van der Waals surface area contributed by atoms with Gasteiger partial charge < -0.3 is 0 Å². The predicted octanol–water partition coefficient (Wildman–Crippen LogP) is 4.06. The highest BCUT2D eigenvalue weighted by atomic mass is 35.5. The van der Waals surface area contributed by atoms with Crippen molar-refractivity contribution in [2.24, 2.45) is 0 Å². The minimum absolute atomic E-state index is 0.0912. The highest BCUT2D eigenvalue weighted by molar-refractivity contribution is 7.93. The van der Waals surface area contributed by atoms with E-state index in [2.05, 4.69) is 10.2 Å². The van der Waals surface area contributed by atoms with E-state index in [-0.39, 0.29) is 22.8 Å². The molecule has 4 rings (SSSR count). The zero-order valence-electron chi connectivity index (χ0n) is 14.7. The molecule has 2 aromatic heterocycles.